The molecule has 0 fully saturated rings. The van der Waals surface area contributed by atoms with Crippen LogP contribution in [0.25, 0.3) is 54.1 Å². The summed E-state index contributed by atoms with van der Waals surface area (Å²) in [6.45, 7) is 1.98. The molecule has 4 heterocycles. The van der Waals surface area contributed by atoms with E-state index in [2.05, 4.69) is 15.3 Å². The maximum Gasteiger partial charge on any atom is 0.255 e. The van der Waals surface area contributed by atoms with E-state index < -0.39 is 10.0 Å². The van der Waals surface area contributed by atoms with Gasteiger partial charge < -0.3 is 14.5 Å². The average Bonchev–Trinajstić information content (AvgIpc) is 3.61. The molecule has 9 nitrogen and oxygen atoms in total. The van der Waals surface area contributed by atoms with Crippen molar-refractivity contribution in [3.8, 4) is 38.8 Å². The Kier molecular flexibility index (Phi) is 7.15. The van der Waals surface area contributed by atoms with E-state index in [9.17, 15) is 13.2 Å². The summed E-state index contributed by atoms with van der Waals surface area (Å²) in [6.07, 6.45) is 4.51. The minimum absolute atomic E-state index is 0.323. The maximum absolute atomic E-state index is 13.3. The number of aryl methyl sites for hydroxylation is 1. The second-order valence-electron chi connectivity index (χ2n) is 10.1. The first-order valence-corrected chi connectivity index (χ1v) is 16.0. The van der Waals surface area contributed by atoms with Crippen molar-refractivity contribution in [3.63, 3.8) is 0 Å². The number of pyridine rings is 2. The summed E-state index contributed by atoms with van der Waals surface area (Å²) in [5.41, 5.74) is 5.67. The van der Waals surface area contributed by atoms with Gasteiger partial charge in [-0.3, -0.25) is 14.1 Å². The lowest BCUT2D eigenvalue weighted by Gasteiger charge is -2.21. The molecule has 4 aromatic heterocycles. The van der Waals surface area contributed by atoms with Crippen molar-refractivity contribution in [2.75, 3.05) is 31.8 Å². The number of benzene rings is 2. The number of carbonyl (C=O) groups is 1. The number of nitrogens with one attached hydrogen (secondary N) is 1. The number of anilines is 1. The number of hydrogen-bond donors (Lipinski definition) is 1. The van der Waals surface area contributed by atoms with E-state index in [1.807, 2.05) is 55.5 Å². The topological polar surface area (TPSA) is 115 Å². The monoisotopic (exact) mass is 612 g/mol. The van der Waals surface area contributed by atoms with Gasteiger partial charge in [-0.25, -0.2) is 13.4 Å². The number of methoxy groups -OCH3 is 1. The Morgan fingerprint density at radius 1 is 1.02 bits per heavy atom. The van der Waals surface area contributed by atoms with E-state index in [4.69, 9.17) is 9.15 Å². The van der Waals surface area contributed by atoms with Crippen LogP contribution in [0.15, 0.2) is 77.5 Å². The Balaban J connectivity index is 1.64. The summed E-state index contributed by atoms with van der Waals surface area (Å²) in [6, 6.07) is 18.9. The van der Waals surface area contributed by atoms with Crippen LogP contribution in [0, 0.1) is 6.92 Å². The Labute approximate surface area is 252 Å². The fraction of sp³-hybridized carbons (Fsp3) is 0.156. The molecule has 0 saturated heterocycles. The number of fused-ring (bicyclic) bond motifs is 2. The maximum atomic E-state index is 13.3. The summed E-state index contributed by atoms with van der Waals surface area (Å²) in [7, 11) is 0.935. The molecular formula is C32H28N4O5S2. The Morgan fingerprint density at radius 3 is 2.47 bits per heavy atom. The summed E-state index contributed by atoms with van der Waals surface area (Å²) in [5, 5.41) is 3.26. The molecule has 0 aliphatic carbocycles. The fourth-order valence-electron chi connectivity index (χ4n) is 5.00. The molecule has 11 heteroatoms. The lowest BCUT2D eigenvalue weighted by molar-refractivity contribution is 0.0964. The quantitative estimate of drug-likeness (QED) is 0.219. The lowest BCUT2D eigenvalue weighted by atomic mass is 9.98. The third-order valence-electron chi connectivity index (χ3n) is 7.32. The van der Waals surface area contributed by atoms with Crippen molar-refractivity contribution < 1.29 is 22.4 Å². The van der Waals surface area contributed by atoms with Crippen LogP contribution in [0.1, 0.15) is 15.9 Å². The highest BCUT2D eigenvalue weighted by atomic mass is 32.2. The SMILES string of the molecule is CNC(=O)c1c(-c2ccc(C)cc2)oc2cc(N(C)S(C)(=O)=O)c(-c3cnc(OC)c(-c4cc5ncccc5s4)c3)cc12. The molecule has 1 N–H and O–H groups in total. The Hall–Kier alpha value is -4.74. The molecule has 0 bridgehead atoms. The molecule has 0 saturated carbocycles. The predicted molar refractivity (Wildman–Crippen MR) is 171 cm³/mol. The zero-order valence-electron chi connectivity index (χ0n) is 24.1. The smallest absolute Gasteiger partial charge is 0.255 e. The number of hydrogen-bond acceptors (Lipinski definition) is 8. The van der Waals surface area contributed by atoms with Gasteiger partial charge in [0.2, 0.25) is 15.9 Å². The molecule has 0 aliphatic heterocycles. The van der Waals surface area contributed by atoms with Crippen molar-refractivity contribution in [2.24, 2.45) is 0 Å². The molecular weight excluding hydrogens is 585 g/mol. The number of amides is 1. The van der Waals surface area contributed by atoms with E-state index in [1.165, 1.54) is 11.4 Å². The summed E-state index contributed by atoms with van der Waals surface area (Å²) < 4.78 is 39.7. The van der Waals surface area contributed by atoms with Crippen LogP contribution in [-0.4, -0.2) is 51.8 Å². The van der Waals surface area contributed by atoms with E-state index >= 15 is 0 Å². The molecule has 0 atom stereocenters. The van der Waals surface area contributed by atoms with E-state index in [-0.39, 0.29) is 5.91 Å². The number of sulfonamides is 1. The molecule has 0 unspecified atom stereocenters. The van der Waals surface area contributed by atoms with Crippen molar-refractivity contribution in [1.82, 2.24) is 15.3 Å². The highest BCUT2D eigenvalue weighted by Crippen LogP contribution is 2.44. The van der Waals surface area contributed by atoms with Crippen LogP contribution in [-0.2, 0) is 10.0 Å². The van der Waals surface area contributed by atoms with Gasteiger partial charge in [0.1, 0.15) is 11.3 Å². The molecule has 0 aliphatic rings. The van der Waals surface area contributed by atoms with Gasteiger partial charge in [0, 0.05) is 59.5 Å². The van der Waals surface area contributed by atoms with Crippen molar-refractivity contribution >= 4 is 54.1 Å². The molecule has 1 amide bonds. The van der Waals surface area contributed by atoms with E-state index in [0.29, 0.717) is 45.0 Å². The molecule has 6 rings (SSSR count). The van der Waals surface area contributed by atoms with Crippen LogP contribution >= 0.6 is 11.3 Å². The second kappa shape index (κ2) is 10.8. The Morgan fingerprint density at radius 2 is 1.79 bits per heavy atom. The highest BCUT2D eigenvalue weighted by Gasteiger charge is 2.26. The third kappa shape index (κ3) is 5.10. The van der Waals surface area contributed by atoms with E-state index in [0.717, 1.165) is 38.0 Å². The number of furan rings is 1. The van der Waals surface area contributed by atoms with Gasteiger partial charge in [0.05, 0.1) is 40.4 Å². The zero-order chi connectivity index (χ0) is 30.5. The number of nitrogens with zero attached hydrogens (tertiary/aromatic N) is 3. The third-order valence-corrected chi connectivity index (χ3v) is 9.63. The van der Waals surface area contributed by atoms with Crippen LogP contribution < -0.4 is 14.4 Å². The van der Waals surface area contributed by atoms with Crippen molar-refractivity contribution in [1.29, 1.82) is 0 Å². The molecule has 6 aromatic rings. The zero-order valence-corrected chi connectivity index (χ0v) is 25.8. The van der Waals surface area contributed by atoms with Gasteiger partial charge in [-0.2, -0.15) is 0 Å². The van der Waals surface area contributed by atoms with Crippen LogP contribution in [0.2, 0.25) is 0 Å². The first kappa shape index (κ1) is 28.4. The Bertz CT molecular complexity index is 2100. The molecule has 218 valence electrons. The van der Waals surface area contributed by atoms with Crippen LogP contribution in [0.3, 0.4) is 0 Å². The number of rotatable bonds is 7. The van der Waals surface area contributed by atoms with Crippen molar-refractivity contribution in [3.05, 3.63) is 84.2 Å². The summed E-state index contributed by atoms with van der Waals surface area (Å²) >= 11 is 1.56. The molecule has 0 spiro atoms. The largest absolute Gasteiger partial charge is 0.481 e. The number of carbonyl (C=O) groups excluding carboxylic acids is 1. The lowest BCUT2D eigenvalue weighted by Crippen LogP contribution is -2.25. The summed E-state index contributed by atoms with van der Waals surface area (Å²) in [5.74, 6) is 0.493. The standard InChI is InChI=1S/C32H28N4O5S2/c1-18-8-10-19(11-9-18)30-29(31(37)33-2)22-14-21(25(16-26(22)41-30)36(3)43(5,38)39)20-13-23(32(40-4)35-17-20)28-15-24-27(42-28)7-6-12-34-24/h6-17H,1-5H3,(H,33,37). The number of aromatic nitrogens is 2. The predicted octanol–water partition coefficient (Wildman–Crippen LogP) is 6.51. The minimum Gasteiger partial charge on any atom is -0.481 e. The van der Waals surface area contributed by atoms with Gasteiger partial charge in [-0.15, -0.1) is 11.3 Å². The molecule has 2 aromatic carbocycles. The van der Waals surface area contributed by atoms with Gasteiger partial charge in [0.25, 0.3) is 5.91 Å². The fourth-order valence-corrected chi connectivity index (χ4v) is 6.54. The number of thiophene rings is 1. The summed E-state index contributed by atoms with van der Waals surface area (Å²) in [4.78, 5) is 23.2. The normalized spacial score (nSPS) is 11.7. The van der Waals surface area contributed by atoms with E-state index in [1.54, 1.807) is 50.0 Å². The van der Waals surface area contributed by atoms with Gasteiger partial charge in [0.15, 0.2) is 0 Å². The highest BCUT2D eigenvalue weighted by molar-refractivity contribution is 7.92. The molecule has 0 radical (unpaired) electrons. The minimum atomic E-state index is -3.67. The number of ether oxygens (including phenoxy) is 1. The average molecular weight is 613 g/mol. The first-order valence-electron chi connectivity index (χ1n) is 13.3. The van der Waals surface area contributed by atoms with Crippen LogP contribution in [0.4, 0.5) is 5.69 Å². The van der Waals surface area contributed by atoms with Gasteiger partial charge in [-0.1, -0.05) is 29.8 Å². The van der Waals surface area contributed by atoms with Crippen LogP contribution in [0.5, 0.6) is 5.88 Å². The first-order chi connectivity index (χ1) is 20.6. The van der Waals surface area contributed by atoms with Gasteiger partial charge in [-0.05, 0) is 37.3 Å². The van der Waals surface area contributed by atoms with Gasteiger partial charge >= 0.3 is 0 Å². The molecule has 43 heavy (non-hydrogen) atoms. The second-order valence-corrected chi connectivity index (χ2v) is 13.2. The van der Waals surface area contributed by atoms with Crippen molar-refractivity contribution in [2.45, 2.75) is 6.92 Å².